The van der Waals surface area contributed by atoms with Gasteiger partial charge in [0.25, 0.3) is 0 Å². The fraction of sp³-hybridized carbons (Fsp3) is 0.105. The molecule has 1 aromatic heterocycles. The first-order chi connectivity index (χ1) is 11.4. The highest BCUT2D eigenvalue weighted by Gasteiger charge is 2.06. The SMILES string of the molecule is [2H]C([2H])([2H])Cc1cc(-c2ccnc(-c3ccccc3)c2)ccc1F. The lowest BCUT2D eigenvalue weighted by molar-refractivity contribution is 0.612. The smallest absolute Gasteiger partial charge is 0.126 e. The van der Waals surface area contributed by atoms with Gasteiger partial charge in [0, 0.05) is 15.9 Å². The van der Waals surface area contributed by atoms with E-state index in [1.54, 1.807) is 18.3 Å². The first kappa shape index (κ1) is 10.3. The molecule has 0 unspecified atom stereocenters. The average molecular weight is 280 g/mol. The van der Waals surface area contributed by atoms with Gasteiger partial charge in [-0.15, -0.1) is 0 Å². The van der Waals surface area contributed by atoms with Gasteiger partial charge in [0.15, 0.2) is 0 Å². The summed E-state index contributed by atoms with van der Waals surface area (Å²) in [6.07, 6.45) is 1.41. The van der Waals surface area contributed by atoms with Crippen LogP contribution in [0.3, 0.4) is 0 Å². The molecule has 1 nitrogen and oxygen atoms in total. The molecule has 2 aromatic carbocycles. The van der Waals surface area contributed by atoms with E-state index < -0.39 is 12.7 Å². The van der Waals surface area contributed by atoms with Crippen molar-refractivity contribution in [2.24, 2.45) is 0 Å². The molecule has 0 N–H and O–H groups in total. The summed E-state index contributed by atoms with van der Waals surface area (Å²) < 4.78 is 35.9. The number of hydrogen-bond acceptors (Lipinski definition) is 1. The Balaban J connectivity index is 1.99. The second kappa shape index (κ2) is 5.88. The molecule has 0 amide bonds. The summed E-state index contributed by atoms with van der Waals surface area (Å²) in [6, 6.07) is 18.1. The van der Waals surface area contributed by atoms with Gasteiger partial charge >= 0.3 is 0 Å². The zero-order valence-electron chi connectivity index (χ0n) is 14.4. The van der Waals surface area contributed by atoms with E-state index in [4.69, 9.17) is 4.11 Å². The van der Waals surface area contributed by atoms with Crippen molar-refractivity contribution < 1.29 is 8.50 Å². The number of halogens is 1. The Morgan fingerprint density at radius 3 is 2.57 bits per heavy atom. The Hall–Kier alpha value is -2.48. The summed E-state index contributed by atoms with van der Waals surface area (Å²) in [6.45, 7) is -2.20. The first-order valence-corrected chi connectivity index (χ1v) is 6.73. The van der Waals surface area contributed by atoms with E-state index in [2.05, 4.69) is 4.98 Å². The number of nitrogens with zero attached hydrogens (tertiary/aromatic N) is 1. The zero-order chi connectivity index (χ0) is 17.2. The van der Waals surface area contributed by atoms with Crippen molar-refractivity contribution in [3.63, 3.8) is 0 Å². The van der Waals surface area contributed by atoms with Gasteiger partial charge in [-0.25, -0.2) is 4.39 Å². The van der Waals surface area contributed by atoms with Crippen molar-refractivity contribution >= 4 is 0 Å². The fourth-order valence-corrected chi connectivity index (χ4v) is 2.27. The number of rotatable bonds is 3. The number of pyridine rings is 1. The van der Waals surface area contributed by atoms with Gasteiger partial charge in [0.2, 0.25) is 0 Å². The minimum atomic E-state index is -2.20. The van der Waals surface area contributed by atoms with Crippen LogP contribution in [0.4, 0.5) is 4.39 Å². The molecule has 21 heavy (non-hydrogen) atoms. The zero-order valence-corrected chi connectivity index (χ0v) is 11.4. The third kappa shape index (κ3) is 2.84. The molecular formula is C19H16FN. The predicted octanol–water partition coefficient (Wildman–Crippen LogP) is 5.12. The molecule has 0 radical (unpaired) electrons. The molecule has 0 bridgehead atoms. The van der Waals surface area contributed by atoms with Gasteiger partial charge in [-0.3, -0.25) is 4.98 Å². The molecule has 0 fully saturated rings. The van der Waals surface area contributed by atoms with Crippen LogP contribution >= 0.6 is 0 Å². The summed E-state index contributed by atoms with van der Waals surface area (Å²) in [4.78, 5) is 4.37. The molecule has 0 saturated heterocycles. The monoisotopic (exact) mass is 280 g/mol. The van der Waals surface area contributed by atoms with Crippen molar-refractivity contribution in [2.75, 3.05) is 0 Å². The molecule has 0 aliphatic carbocycles. The van der Waals surface area contributed by atoms with Crippen LogP contribution in [0, 0.1) is 5.82 Å². The summed E-state index contributed by atoms with van der Waals surface area (Å²) in [5.41, 5.74) is 3.65. The lowest BCUT2D eigenvalue weighted by Gasteiger charge is -2.07. The topological polar surface area (TPSA) is 12.9 Å². The normalized spacial score (nSPS) is 13.3. The summed E-state index contributed by atoms with van der Waals surface area (Å²) >= 11 is 0. The van der Waals surface area contributed by atoms with Gasteiger partial charge in [0.05, 0.1) is 5.69 Å². The molecule has 2 heteroatoms. The molecule has 3 rings (SSSR count). The maximum absolute atomic E-state index is 13.9. The van der Waals surface area contributed by atoms with Crippen molar-refractivity contribution in [1.29, 1.82) is 0 Å². The quantitative estimate of drug-likeness (QED) is 0.649. The molecule has 104 valence electrons. The van der Waals surface area contributed by atoms with E-state index in [0.717, 1.165) is 22.4 Å². The van der Waals surface area contributed by atoms with Crippen LogP contribution < -0.4 is 0 Å². The Labute approximate surface area is 128 Å². The van der Waals surface area contributed by atoms with Crippen LogP contribution in [-0.4, -0.2) is 4.98 Å². The van der Waals surface area contributed by atoms with E-state index in [-0.39, 0.29) is 12.0 Å². The highest BCUT2D eigenvalue weighted by molar-refractivity contribution is 5.70. The second-order valence-corrected chi connectivity index (χ2v) is 4.78. The Kier molecular flexibility index (Phi) is 2.88. The van der Waals surface area contributed by atoms with E-state index in [9.17, 15) is 4.39 Å². The Morgan fingerprint density at radius 2 is 1.76 bits per heavy atom. The molecule has 3 aromatic rings. The van der Waals surface area contributed by atoms with E-state index >= 15 is 0 Å². The molecule has 0 aliphatic rings. The predicted molar refractivity (Wildman–Crippen MR) is 84.4 cm³/mol. The van der Waals surface area contributed by atoms with Crippen molar-refractivity contribution in [2.45, 2.75) is 13.3 Å². The summed E-state index contributed by atoms with van der Waals surface area (Å²) in [5.74, 6) is -0.493. The molecule has 1 heterocycles. The lowest BCUT2D eigenvalue weighted by Crippen LogP contribution is -1.90. The molecule has 0 spiro atoms. The second-order valence-electron chi connectivity index (χ2n) is 4.78. The van der Waals surface area contributed by atoms with Crippen LogP contribution in [0.15, 0.2) is 66.9 Å². The highest BCUT2D eigenvalue weighted by Crippen LogP contribution is 2.26. The average Bonchev–Trinajstić information content (AvgIpc) is 2.57. The third-order valence-electron chi connectivity index (χ3n) is 3.40. The molecule has 0 saturated carbocycles. The minimum Gasteiger partial charge on any atom is -0.256 e. The van der Waals surface area contributed by atoms with Crippen LogP contribution in [0.5, 0.6) is 0 Å². The van der Waals surface area contributed by atoms with Crippen molar-refractivity contribution in [3.05, 3.63) is 78.2 Å². The first-order valence-electron chi connectivity index (χ1n) is 8.23. The number of hydrogen-bond donors (Lipinski definition) is 0. The Bertz CT molecular complexity index is 845. The van der Waals surface area contributed by atoms with Gasteiger partial charge < -0.3 is 0 Å². The standard InChI is InChI=1S/C19H16FN/c1-2-14-12-16(8-9-18(14)20)17-10-11-21-19(13-17)15-6-4-3-5-7-15/h3-13H,2H2,1H3/i1D3. The van der Waals surface area contributed by atoms with Crippen LogP contribution in [-0.2, 0) is 6.42 Å². The Morgan fingerprint density at radius 1 is 0.952 bits per heavy atom. The largest absolute Gasteiger partial charge is 0.256 e. The fourth-order valence-electron chi connectivity index (χ4n) is 2.27. The van der Waals surface area contributed by atoms with Crippen LogP contribution in [0.2, 0.25) is 0 Å². The summed E-state index contributed by atoms with van der Waals surface area (Å²) in [7, 11) is 0. The van der Waals surface area contributed by atoms with Gasteiger partial charge in [-0.2, -0.15) is 0 Å². The number of aryl methyl sites for hydroxylation is 1. The molecule has 0 aliphatic heterocycles. The molecular weight excluding hydrogens is 261 g/mol. The van der Waals surface area contributed by atoms with E-state index in [1.807, 2.05) is 42.5 Å². The minimum absolute atomic E-state index is 0.200. The van der Waals surface area contributed by atoms with Gasteiger partial charge in [-0.1, -0.05) is 43.3 Å². The summed E-state index contributed by atoms with van der Waals surface area (Å²) in [5, 5.41) is 0. The van der Waals surface area contributed by atoms with Crippen molar-refractivity contribution in [1.82, 2.24) is 4.98 Å². The van der Waals surface area contributed by atoms with Gasteiger partial charge in [-0.05, 0) is 47.4 Å². The van der Waals surface area contributed by atoms with E-state index in [1.165, 1.54) is 6.07 Å². The maximum atomic E-state index is 13.9. The third-order valence-corrected chi connectivity index (χ3v) is 3.40. The number of benzene rings is 2. The molecule has 0 atom stereocenters. The maximum Gasteiger partial charge on any atom is 0.126 e. The van der Waals surface area contributed by atoms with E-state index in [0.29, 0.717) is 0 Å². The number of aromatic nitrogens is 1. The lowest BCUT2D eigenvalue weighted by atomic mass is 10.0. The van der Waals surface area contributed by atoms with Crippen LogP contribution in [0.1, 0.15) is 16.5 Å². The highest BCUT2D eigenvalue weighted by atomic mass is 19.1. The van der Waals surface area contributed by atoms with Crippen LogP contribution in [0.25, 0.3) is 22.4 Å². The van der Waals surface area contributed by atoms with Gasteiger partial charge in [0.1, 0.15) is 5.82 Å². The van der Waals surface area contributed by atoms with Crippen molar-refractivity contribution in [3.8, 4) is 22.4 Å².